The van der Waals surface area contributed by atoms with Crippen molar-refractivity contribution in [3.63, 3.8) is 0 Å². The van der Waals surface area contributed by atoms with Crippen molar-refractivity contribution in [3.05, 3.63) is 22.6 Å². The number of carbonyl (C=O) groups excluding carboxylic acids is 1. The molecule has 0 amide bonds. The van der Waals surface area contributed by atoms with Crippen molar-refractivity contribution < 1.29 is 9.21 Å². The Labute approximate surface area is 71.7 Å². The highest BCUT2D eigenvalue weighted by Crippen LogP contribution is 2.18. The molecule has 0 aromatic carbocycles. The Morgan fingerprint density at radius 3 is 3.00 bits per heavy atom. The van der Waals surface area contributed by atoms with E-state index in [9.17, 15) is 4.79 Å². The summed E-state index contributed by atoms with van der Waals surface area (Å²) in [5.74, 6) is -0.229. The van der Waals surface area contributed by atoms with Gasteiger partial charge >= 0.3 is 0 Å². The summed E-state index contributed by atoms with van der Waals surface area (Å²) in [5, 5.41) is 8.21. The van der Waals surface area contributed by atoms with E-state index in [1.54, 1.807) is 6.07 Å². The average molecular weight is 214 g/mol. The van der Waals surface area contributed by atoms with Crippen LogP contribution in [0, 0.1) is 11.3 Å². The van der Waals surface area contributed by atoms with E-state index in [0.717, 1.165) is 0 Å². The number of hydrogen-bond donors (Lipinski definition) is 0. The fourth-order valence-corrected chi connectivity index (χ4v) is 1.12. The van der Waals surface area contributed by atoms with Gasteiger partial charge in [-0.3, -0.25) is 4.79 Å². The molecule has 0 unspecified atom stereocenters. The second kappa shape index (κ2) is 3.35. The van der Waals surface area contributed by atoms with Gasteiger partial charge in [0.2, 0.25) is 0 Å². The Balaban J connectivity index is 2.86. The van der Waals surface area contributed by atoms with Gasteiger partial charge in [0, 0.05) is 0 Å². The minimum absolute atomic E-state index is 0.113. The zero-order chi connectivity index (χ0) is 8.27. The van der Waals surface area contributed by atoms with Gasteiger partial charge in [-0.25, -0.2) is 0 Å². The van der Waals surface area contributed by atoms with E-state index in [1.807, 2.05) is 0 Å². The van der Waals surface area contributed by atoms with Crippen molar-refractivity contribution in [3.8, 4) is 6.07 Å². The van der Waals surface area contributed by atoms with Crippen molar-refractivity contribution in [1.29, 1.82) is 5.26 Å². The van der Waals surface area contributed by atoms with Crippen LogP contribution in [0.15, 0.2) is 21.4 Å². The van der Waals surface area contributed by atoms with Crippen LogP contribution in [0.3, 0.4) is 0 Å². The number of furan rings is 1. The number of hydrogen-bond acceptors (Lipinski definition) is 3. The molecule has 1 aromatic rings. The summed E-state index contributed by atoms with van der Waals surface area (Å²) < 4.78 is 5.21. The summed E-state index contributed by atoms with van der Waals surface area (Å²) in [6.45, 7) is 0. The molecule has 0 fully saturated rings. The minimum Gasteiger partial charge on any atom is -0.457 e. The van der Waals surface area contributed by atoms with Gasteiger partial charge in [-0.1, -0.05) is 0 Å². The van der Waals surface area contributed by atoms with Crippen molar-refractivity contribution in [2.75, 3.05) is 0 Å². The molecule has 0 aliphatic heterocycles. The van der Waals surface area contributed by atoms with Crippen LogP contribution in [0.1, 0.15) is 16.8 Å². The van der Waals surface area contributed by atoms with E-state index in [4.69, 9.17) is 9.68 Å². The molecule has 1 aromatic heterocycles. The summed E-state index contributed by atoms with van der Waals surface area (Å²) in [4.78, 5) is 11.0. The maximum Gasteiger partial charge on any atom is 0.181 e. The number of ketones is 1. The van der Waals surface area contributed by atoms with Gasteiger partial charge in [0.1, 0.15) is 0 Å². The quantitative estimate of drug-likeness (QED) is 0.708. The molecule has 0 saturated heterocycles. The summed E-state index contributed by atoms with van der Waals surface area (Å²) in [6, 6.07) is 3.30. The Kier molecular flexibility index (Phi) is 2.44. The van der Waals surface area contributed by atoms with Crippen LogP contribution in [0.25, 0.3) is 0 Å². The molecular formula is C7H4BrNO2. The van der Waals surface area contributed by atoms with E-state index >= 15 is 0 Å². The summed E-state index contributed by atoms with van der Waals surface area (Å²) in [6.07, 6.45) is 1.28. The van der Waals surface area contributed by atoms with Gasteiger partial charge in [-0.15, -0.1) is 0 Å². The van der Waals surface area contributed by atoms with Crippen molar-refractivity contribution in [2.45, 2.75) is 6.42 Å². The van der Waals surface area contributed by atoms with E-state index in [1.165, 1.54) is 12.3 Å². The molecule has 0 aliphatic rings. The summed E-state index contributed by atoms with van der Waals surface area (Å²) in [5.41, 5.74) is 0.423. The lowest BCUT2D eigenvalue weighted by Gasteiger charge is -1.88. The lowest BCUT2D eigenvalue weighted by Crippen LogP contribution is -1.95. The van der Waals surface area contributed by atoms with Crippen LogP contribution < -0.4 is 0 Å². The molecule has 0 aliphatic carbocycles. The minimum atomic E-state index is -0.229. The monoisotopic (exact) mass is 213 g/mol. The maximum atomic E-state index is 11.0. The average Bonchev–Trinajstić information content (AvgIpc) is 2.36. The summed E-state index contributed by atoms with van der Waals surface area (Å²) >= 11 is 3.04. The molecule has 0 bridgehead atoms. The second-order valence-corrected chi connectivity index (χ2v) is 2.59. The fourth-order valence-electron chi connectivity index (χ4n) is 0.660. The van der Waals surface area contributed by atoms with Crippen LogP contribution in [0.4, 0.5) is 0 Å². The van der Waals surface area contributed by atoms with E-state index in [0.29, 0.717) is 10.2 Å². The number of rotatable bonds is 2. The number of carbonyl (C=O) groups is 1. The van der Waals surface area contributed by atoms with Gasteiger partial charge < -0.3 is 4.42 Å². The third-order valence-electron chi connectivity index (χ3n) is 1.16. The largest absolute Gasteiger partial charge is 0.457 e. The molecule has 0 atom stereocenters. The molecule has 0 spiro atoms. The number of nitrogens with zero attached hydrogens (tertiary/aromatic N) is 1. The molecule has 1 heterocycles. The maximum absolute atomic E-state index is 11.0. The highest BCUT2D eigenvalue weighted by atomic mass is 79.9. The van der Waals surface area contributed by atoms with E-state index in [-0.39, 0.29) is 12.2 Å². The van der Waals surface area contributed by atoms with E-state index in [2.05, 4.69) is 15.9 Å². The normalized spacial score (nSPS) is 9.09. The van der Waals surface area contributed by atoms with Gasteiger partial charge in [-0.05, 0) is 22.0 Å². The molecular weight excluding hydrogens is 210 g/mol. The molecule has 3 nitrogen and oxygen atoms in total. The second-order valence-electron chi connectivity index (χ2n) is 1.87. The standard InChI is InChI=1S/C7H4BrNO2/c8-7-5(2-4-11-7)6(10)1-3-9/h2,4H,1H2. The Bertz CT molecular complexity index is 310. The molecule has 11 heavy (non-hydrogen) atoms. The van der Waals surface area contributed by atoms with E-state index < -0.39 is 0 Å². The van der Waals surface area contributed by atoms with Crippen molar-refractivity contribution in [1.82, 2.24) is 0 Å². The SMILES string of the molecule is N#CCC(=O)c1ccoc1Br. The lowest BCUT2D eigenvalue weighted by molar-refractivity contribution is 0.0996. The number of halogens is 1. The van der Waals surface area contributed by atoms with Crippen molar-refractivity contribution in [2.24, 2.45) is 0 Å². The predicted molar refractivity (Wildman–Crippen MR) is 41.0 cm³/mol. The third-order valence-corrected chi connectivity index (χ3v) is 1.77. The molecule has 0 radical (unpaired) electrons. The van der Waals surface area contributed by atoms with Crippen LogP contribution in [0.5, 0.6) is 0 Å². The van der Waals surface area contributed by atoms with Gasteiger partial charge in [0.15, 0.2) is 10.5 Å². The first kappa shape index (κ1) is 8.02. The molecule has 4 heteroatoms. The molecule has 0 saturated carbocycles. The smallest absolute Gasteiger partial charge is 0.181 e. The number of nitriles is 1. The van der Waals surface area contributed by atoms with Crippen LogP contribution in [0.2, 0.25) is 0 Å². The van der Waals surface area contributed by atoms with Crippen LogP contribution in [-0.2, 0) is 0 Å². The third kappa shape index (κ3) is 1.69. The summed E-state index contributed by atoms with van der Waals surface area (Å²) in [7, 11) is 0. The molecule has 1 rings (SSSR count). The Morgan fingerprint density at radius 1 is 1.82 bits per heavy atom. The topological polar surface area (TPSA) is 54.0 Å². The highest BCUT2D eigenvalue weighted by molar-refractivity contribution is 9.10. The van der Waals surface area contributed by atoms with Gasteiger partial charge in [-0.2, -0.15) is 5.26 Å². The number of Topliss-reactive ketones (excluding diaryl/α,β-unsaturated/α-hetero) is 1. The molecule has 56 valence electrons. The fraction of sp³-hybridized carbons (Fsp3) is 0.143. The Morgan fingerprint density at radius 2 is 2.55 bits per heavy atom. The zero-order valence-electron chi connectivity index (χ0n) is 5.50. The zero-order valence-corrected chi connectivity index (χ0v) is 7.09. The van der Waals surface area contributed by atoms with Crippen LogP contribution in [-0.4, -0.2) is 5.78 Å². The van der Waals surface area contributed by atoms with Gasteiger partial charge in [0.05, 0.1) is 24.3 Å². The Hall–Kier alpha value is -1.08. The van der Waals surface area contributed by atoms with Crippen LogP contribution >= 0.6 is 15.9 Å². The predicted octanol–water partition coefficient (Wildman–Crippen LogP) is 2.14. The van der Waals surface area contributed by atoms with Gasteiger partial charge in [0.25, 0.3) is 0 Å². The first-order chi connectivity index (χ1) is 5.25. The highest BCUT2D eigenvalue weighted by Gasteiger charge is 2.11. The molecule has 0 N–H and O–H groups in total. The first-order valence-electron chi connectivity index (χ1n) is 2.89. The first-order valence-corrected chi connectivity index (χ1v) is 3.68. The lowest BCUT2D eigenvalue weighted by atomic mass is 10.2. The van der Waals surface area contributed by atoms with Crippen molar-refractivity contribution >= 4 is 21.7 Å².